The third-order valence-electron chi connectivity index (χ3n) is 4.77. The van der Waals surface area contributed by atoms with Crippen molar-refractivity contribution >= 4 is 11.8 Å². The van der Waals surface area contributed by atoms with Crippen LogP contribution < -0.4 is 0 Å². The first-order valence-corrected chi connectivity index (χ1v) is 6.90. The predicted molar refractivity (Wildman–Crippen MR) is 71.6 cm³/mol. The summed E-state index contributed by atoms with van der Waals surface area (Å²) in [4.78, 5) is 25.0. The highest BCUT2D eigenvalue weighted by Crippen LogP contribution is 2.50. The van der Waals surface area contributed by atoms with Crippen LogP contribution in [0.1, 0.15) is 20.7 Å². The zero-order chi connectivity index (χ0) is 13.4. The van der Waals surface area contributed by atoms with E-state index in [2.05, 4.69) is 24.3 Å². The molecule has 0 saturated carbocycles. The number of hydrogen-bond donors (Lipinski definition) is 0. The number of imide groups is 1. The highest BCUT2D eigenvalue weighted by atomic mass is 16.2. The van der Waals surface area contributed by atoms with Crippen molar-refractivity contribution in [3.8, 4) is 0 Å². The molecule has 3 aliphatic carbocycles. The molecule has 1 aromatic rings. The zero-order valence-corrected chi connectivity index (χ0v) is 10.6. The van der Waals surface area contributed by atoms with Crippen molar-refractivity contribution < 1.29 is 9.59 Å². The van der Waals surface area contributed by atoms with E-state index in [1.807, 2.05) is 5.01 Å². The minimum Gasteiger partial charge on any atom is -0.267 e. The van der Waals surface area contributed by atoms with Crippen LogP contribution in [0.15, 0.2) is 48.6 Å². The van der Waals surface area contributed by atoms with Crippen LogP contribution in [-0.4, -0.2) is 33.9 Å². The van der Waals surface area contributed by atoms with Crippen LogP contribution in [-0.2, 0) is 0 Å². The second-order valence-electron chi connectivity index (χ2n) is 5.75. The van der Waals surface area contributed by atoms with Crippen LogP contribution in [0, 0.1) is 11.8 Å². The van der Waals surface area contributed by atoms with Gasteiger partial charge in [0.2, 0.25) is 0 Å². The fourth-order valence-electron chi connectivity index (χ4n) is 3.81. The van der Waals surface area contributed by atoms with Crippen molar-refractivity contribution in [1.29, 1.82) is 0 Å². The average Bonchev–Trinajstić information content (AvgIpc) is 3.21. The molecule has 2 aliphatic heterocycles. The molecule has 1 unspecified atom stereocenters. The van der Waals surface area contributed by atoms with Gasteiger partial charge in [0.25, 0.3) is 11.8 Å². The van der Waals surface area contributed by atoms with Gasteiger partial charge >= 0.3 is 0 Å². The molecule has 0 N–H and O–H groups in total. The third kappa shape index (κ3) is 1.07. The van der Waals surface area contributed by atoms with Gasteiger partial charge in [-0.3, -0.25) is 9.59 Å². The molecule has 1 saturated heterocycles. The van der Waals surface area contributed by atoms with Crippen LogP contribution in [0.25, 0.3) is 0 Å². The minimum absolute atomic E-state index is 0.181. The van der Waals surface area contributed by atoms with Crippen molar-refractivity contribution in [2.45, 2.75) is 12.1 Å². The molecular weight excluding hydrogens is 252 g/mol. The Morgan fingerprint density at radius 3 is 1.65 bits per heavy atom. The second kappa shape index (κ2) is 3.27. The van der Waals surface area contributed by atoms with Crippen LogP contribution in [0.4, 0.5) is 0 Å². The van der Waals surface area contributed by atoms with E-state index in [-0.39, 0.29) is 23.9 Å². The number of carbonyl (C=O) groups is 2. The summed E-state index contributed by atoms with van der Waals surface area (Å²) < 4.78 is 0. The molecule has 4 nitrogen and oxygen atoms in total. The van der Waals surface area contributed by atoms with E-state index in [1.165, 1.54) is 5.01 Å². The highest BCUT2D eigenvalue weighted by Gasteiger charge is 2.63. The number of benzene rings is 1. The number of nitrogens with zero attached hydrogens (tertiary/aromatic N) is 2. The normalized spacial score (nSPS) is 39.2. The predicted octanol–water partition coefficient (Wildman–Crippen LogP) is 1.62. The maximum absolute atomic E-state index is 12.5. The topological polar surface area (TPSA) is 40.4 Å². The van der Waals surface area contributed by atoms with Gasteiger partial charge in [-0.2, -0.15) is 5.01 Å². The summed E-state index contributed by atoms with van der Waals surface area (Å²) in [6.07, 6.45) is 8.74. The van der Waals surface area contributed by atoms with Gasteiger partial charge in [-0.05, 0) is 12.1 Å². The molecule has 0 spiro atoms. The molecule has 98 valence electrons. The number of carbonyl (C=O) groups excluding carboxylic acids is 2. The number of fused-ring (bicyclic) bond motifs is 1. The monoisotopic (exact) mass is 264 g/mol. The Bertz CT molecular complexity index is 650. The van der Waals surface area contributed by atoms with Crippen LogP contribution in [0.5, 0.6) is 0 Å². The molecular formula is C16H12N2O2. The zero-order valence-electron chi connectivity index (χ0n) is 10.6. The summed E-state index contributed by atoms with van der Waals surface area (Å²) >= 11 is 0. The molecule has 5 aliphatic rings. The van der Waals surface area contributed by atoms with E-state index in [4.69, 9.17) is 0 Å². The molecule has 0 aromatic heterocycles. The van der Waals surface area contributed by atoms with Gasteiger partial charge in [0.1, 0.15) is 0 Å². The van der Waals surface area contributed by atoms with Crippen molar-refractivity contribution in [3.63, 3.8) is 0 Å². The Hall–Kier alpha value is -2.20. The summed E-state index contributed by atoms with van der Waals surface area (Å²) in [6, 6.07) is 7.61. The van der Waals surface area contributed by atoms with Crippen LogP contribution >= 0.6 is 0 Å². The smallest absolute Gasteiger partial charge is 0.267 e. The second-order valence-corrected chi connectivity index (χ2v) is 5.75. The first-order chi connectivity index (χ1) is 9.77. The van der Waals surface area contributed by atoms with E-state index in [1.54, 1.807) is 24.3 Å². The fraction of sp³-hybridized carbons (Fsp3) is 0.250. The molecule has 20 heavy (non-hydrogen) atoms. The highest BCUT2D eigenvalue weighted by molar-refractivity contribution is 6.21. The molecule has 4 heteroatoms. The Morgan fingerprint density at radius 2 is 1.20 bits per heavy atom. The first kappa shape index (κ1) is 10.6. The lowest BCUT2D eigenvalue weighted by atomic mass is 9.82. The molecule has 1 fully saturated rings. The summed E-state index contributed by atoms with van der Waals surface area (Å²) in [5.74, 6) is 0.294. The average molecular weight is 264 g/mol. The van der Waals surface area contributed by atoms with Gasteiger partial charge in [0, 0.05) is 11.8 Å². The number of hydrogen-bond acceptors (Lipinski definition) is 3. The SMILES string of the molecule is O=C1c2ccccc2C(=O)N1N1[C@@H]2C3C=CC(C=C3)[C@@H]21. The Kier molecular flexibility index (Phi) is 1.73. The van der Waals surface area contributed by atoms with Gasteiger partial charge < -0.3 is 0 Å². The number of amides is 2. The summed E-state index contributed by atoms with van der Waals surface area (Å²) in [6.45, 7) is 0. The maximum Gasteiger partial charge on any atom is 0.276 e. The summed E-state index contributed by atoms with van der Waals surface area (Å²) in [5.41, 5.74) is 1.05. The molecule has 2 amide bonds. The van der Waals surface area contributed by atoms with E-state index < -0.39 is 0 Å². The quantitative estimate of drug-likeness (QED) is 0.439. The summed E-state index contributed by atoms with van der Waals surface area (Å²) in [5, 5.41) is 3.33. The van der Waals surface area contributed by atoms with Crippen molar-refractivity contribution in [3.05, 3.63) is 59.7 Å². The van der Waals surface area contributed by atoms with Crippen molar-refractivity contribution in [2.75, 3.05) is 0 Å². The Morgan fingerprint density at radius 1 is 0.750 bits per heavy atom. The molecule has 6 rings (SSSR count). The van der Waals surface area contributed by atoms with Gasteiger partial charge in [0.05, 0.1) is 23.2 Å². The van der Waals surface area contributed by atoms with Crippen molar-refractivity contribution in [1.82, 2.24) is 10.0 Å². The van der Waals surface area contributed by atoms with Gasteiger partial charge in [-0.15, -0.1) is 0 Å². The molecule has 1 aromatic carbocycles. The van der Waals surface area contributed by atoms with E-state index >= 15 is 0 Å². The third-order valence-corrected chi connectivity index (χ3v) is 4.77. The van der Waals surface area contributed by atoms with Crippen molar-refractivity contribution in [2.24, 2.45) is 11.8 Å². The van der Waals surface area contributed by atoms with E-state index in [0.717, 1.165) is 0 Å². The van der Waals surface area contributed by atoms with E-state index in [0.29, 0.717) is 23.0 Å². The Labute approximate surface area is 115 Å². The van der Waals surface area contributed by atoms with Crippen LogP contribution in [0.2, 0.25) is 0 Å². The lowest BCUT2D eigenvalue weighted by Crippen LogP contribution is -2.37. The fourth-order valence-corrected chi connectivity index (χ4v) is 3.81. The van der Waals surface area contributed by atoms with Crippen LogP contribution in [0.3, 0.4) is 0 Å². The standard InChI is InChI=1S/C16H12N2O2/c19-15-11-3-1-2-4-12(11)16(20)18(15)17-13-9-5-6-10(8-7-9)14(13)17/h1-10,13-14H/t9?,10?,13-,14+,17?. The number of rotatable bonds is 1. The maximum atomic E-state index is 12.5. The van der Waals surface area contributed by atoms with Gasteiger partial charge in [-0.25, -0.2) is 5.01 Å². The largest absolute Gasteiger partial charge is 0.276 e. The first-order valence-electron chi connectivity index (χ1n) is 6.90. The number of hydrazine groups is 1. The lowest BCUT2D eigenvalue weighted by molar-refractivity contribution is 0.0334. The lowest BCUT2D eigenvalue weighted by Gasteiger charge is -2.20. The van der Waals surface area contributed by atoms with Gasteiger partial charge in [0.15, 0.2) is 0 Å². The molecule has 3 atom stereocenters. The molecule has 2 bridgehead atoms. The summed E-state index contributed by atoms with van der Waals surface area (Å²) in [7, 11) is 0. The minimum atomic E-state index is -0.181. The molecule has 2 heterocycles. The molecule has 0 radical (unpaired) electrons. The Balaban J connectivity index is 1.54. The van der Waals surface area contributed by atoms with Gasteiger partial charge in [-0.1, -0.05) is 36.4 Å². The van der Waals surface area contributed by atoms with E-state index in [9.17, 15) is 9.59 Å².